The standard InChI is InChI=1S/C15H20O2S/c1-11-4-2-5-12(8-11)15(16)9-13-6-3-7-14(10-15)18(13)17/h2,4-5,8,13-14,16H,3,6-7,9-10H2,1H3. The van der Waals surface area contributed by atoms with Gasteiger partial charge in [0, 0.05) is 21.3 Å². The Balaban J connectivity index is 1.94. The molecule has 98 valence electrons. The molecule has 3 rings (SSSR count). The SMILES string of the molecule is Cc1cccc(C2(O)CC3CCCC(C2)S3=O)c1. The van der Waals surface area contributed by atoms with Crippen LogP contribution in [0, 0.1) is 6.92 Å². The quantitative estimate of drug-likeness (QED) is 0.846. The van der Waals surface area contributed by atoms with Crippen LogP contribution in [-0.2, 0) is 16.4 Å². The van der Waals surface area contributed by atoms with Crippen LogP contribution in [0.2, 0.25) is 0 Å². The van der Waals surface area contributed by atoms with Crippen molar-refractivity contribution in [3.05, 3.63) is 35.4 Å². The molecule has 1 aromatic carbocycles. The fourth-order valence-corrected chi connectivity index (χ4v) is 5.68. The Morgan fingerprint density at radius 3 is 2.56 bits per heavy atom. The molecule has 0 aromatic heterocycles. The van der Waals surface area contributed by atoms with Crippen LogP contribution in [0.1, 0.15) is 43.2 Å². The van der Waals surface area contributed by atoms with Crippen molar-refractivity contribution in [2.75, 3.05) is 0 Å². The van der Waals surface area contributed by atoms with E-state index in [0.717, 1.165) is 18.4 Å². The molecule has 1 aromatic rings. The zero-order valence-corrected chi connectivity index (χ0v) is 11.6. The van der Waals surface area contributed by atoms with Crippen molar-refractivity contribution >= 4 is 10.8 Å². The third-order valence-corrected chi connectivity index (χ3v) is 6.51. The highest BCUT2D eigenvalue weighted by molar-refractivity contribution is 7.86. The summed E-state index contributed by atoms with van der Waals surface area (Å²) in [5.41, 5.74) is 1.43. The molecule has 1 N–H and O–H groups in total. The second-order valence-corrected chi connectivity index (χ2v) is 7.80. The van der Waals surface area contributed by atoms with Gasteiger partial charge in [-0.15, -0.1) is 0 Å². The second kappa shape index (κ2) is 4.46. The van der Waals surface area contributed by atoms with E-state index in [4.69, 9.17) is 0 Å². The lowest BCUT2D eigenvalue weighted by Crippen LogP contribution is -2.47. The minimum Gasteiger partial charge on any atom is -0.385 e. The van der Waals surface area contributed by atoms with Gasteiger partial charge in [-0.1, -0.05) is 36.2 Å². The molecule has 2 aliphatic heterocycles. The maximum atomic E-state index is 12.2. The molecular weight excluding hydrogens is 244 g/mol. The summed E-state index contributed by atoms with van der Waals surface area (Å²) in [6.45, 7) is 2.05. The van der Waals surface area contributed by atoms with Gasteiger partial charge in [-0.2, -0.15) is 0 Å². The van der Waals surface area contributed by atoms with Crippen molar-refractivity contribution in [2.24, 2.45) is 0 Å². The molecule has 2 saturated heterocycles. The van der Waals surface area contributed by atoms with Crippen LogP contribution in [0.25, 0.3) is 0 Å². The summed E-state index contributed by atoms with van der Waals surface area (Å²) < 4.78 is 12.2. The number of benzene rings is 1. The average Bonchev–Trinajstić information content (AvgIpc) is 2.31. The zero-order chi connectivity index (χ0) is 12.8. The van der Waals surface area contributed by atoms with E-state index in [1.165, 1.54) is 12.0 Å². The summed E-state index contributed by atoms with van der Waals surface area (Å²) in [7, 11) is -0.722. The van der Waals surface area contributed by atoms with E-state index in [1.54, 1.807) is 0 Å². The summed E-state index contributed by atoms with van der Waals surface area (Å²) in [6, 6.07) is 8.14. The van der Waals surface area contributed by atoms with E-state index in [0.29, 0.717) is 12.8 Å². The number of aliphatic hydroxyl groups is 1. The monoisotopic (exact) mass is 264 g/mol. The summed E-state index contributed by atoms with van der Waals surface area (Å²) in [5, 5.41) is 11.4. The first-order valence-electron chi connectivity index (χ1n) is 6.77. The van der Waals surface area contributed by atoms with E-state index < -0.39 is 16.4 Å². The molecule has 18 heavy (non-hydrogen) atoms. The first kappa shape index (κ1) is 12.4. The van der Waals surface area contributed by atoms with E-state index in [1.807, 2.05) is 12.1 Å². The van der Waals surface area contributed by atoms with Gasteiger partial charge in [0.1, 0.15) is 0 Å². The van der Waals surface area contributed by atoms with Crippen molar-refractivity contribution in [3.63, 3.8) is 0 Å². The molecule has 0 saturated carbocycles. The highest BCUT2D eigenvalue weighted by Gasteiger charge is 2.46. The third-order valence-electron chi connectivity index (χ3n) is 4.40. The maximum Gasteiger partial charge on any atom is 0.0919 e. The molecule has 2 fully saturated rings. The minimum atomic E-state index is -0.754. The summed E-state index contributed by atoms with van der Waals surface area (Å²) in [6.07, 6.45) is 4.53. The molecule has 3 heteroatoms. The Hall–Kier alpha value is -0.670. The second-order valence-electron chi connectivity index (χ2n) is 5.81. The molecular formula is C15H20O2S. The van der Waals surface area contributed by atoms with Gasteiger partial charge in [0.2, 0.25) is 0 Å². The fourth-order valence-electron chi connectivity index (χ4n) is 3.45. The highest BCUT2D eigenvalue weighted by atomic mass is 32.2. The number of hydrogen-bond acceptors (Lipinski definition) is 2. The number of fused-ring (bicyclic) bond motifs is 2. The lowest BCUT2D eigenvalue weighted by molar-refractivity contribution is 0.00649. The van der Waals surface area contributed by atoms with Crippen LogP contribution in [0.15, 0.2) is 24.3 Å². The highest BCUT2D eigenvalue weighted by Crippen LogP contribution is 2.44. The molecule has 2 heterocycles. The summed E-state index contributed by atoms with van der Waals surface area (Å²) in [5.74, 6) is 0. The van der Waals surface area contributed by atoms with Gasteiger partial charge in [0.05, 0.1) is 5.60 Å². The van der Waals surface area contributed by atoms with Crippen LogP contribution in [-0.4, -0.2) is 19.8 Å². The number of hydrogen-bond donors (Lipinski definition) is 1. The zero-order valence-electron chi connectivity index (χ0n) is 10.8. The Labute approximate surface area is 111 Å². The molecule has 0 radical (unpaired) electrons. The Morgan fingerprint density at radius 1 is 1.28 bits per heavy atom. The van der Waals surface area contributed by atoms with Crippen molar-refractivity contribution in [2.45, 2.75) is 55.1 Å². The lowest BCUT2D eigenvalue weighted by atomic mass is 9.80. The van der Waals surface area contributed by atoms with Gasteiger partial charge in [0.25, 0.3) is 0 Å². The molecule has 0 aliphatic carbocycles. The van der Waals surface area contributed by atoms with Crippen molar-refractivity contribution < 1.29 is 9.32 Å². The van der Waals surface area contributed by atoms with Crippen LogP contribution >= 0.6 is 0 Å². The maximum absolute atomic E-state index is 12.2. The van der Waals surface area contributed by atoms with Crippen LogP contribution < -0.4 is 0 Å². The van der Waals surface area contributed by atoms with Crippen LogP contribution in [0.5, 0.6) is 0 Å². The Bertz CT molecular complexity index is 467. The molecule has 2 atom stereocenters. The number of rotatable bonds is 1. The molecule has 2 bridgehead atoms. The Kier molecular flexibility index (Phi) is 3.07. The van der Waals surface area contributed by atoms with Gasteiger partial charge >= 0.3 is 0 Å². The van der Waals surface area contributed by atoms with Crippen molar-refractivity contribution in [3.8, 4) is 0 Å². The predicted octanol–water partition coefficient (Wildman–Crippen LogP) is 2.65. The Morgan fingerprint density at radius 2 is 1.94 bits per heavy atom. The van der Waals surface area contributed by atoms with Gasteiger partial charge < -0.3 is 5.11 Å². The van der Waals surface area contributed by atoms with Crippen LogP contribution in [0.4, 0.5) is 0 Å². The average molecular weight is 264 g/mol. The number of aryl methyl sites for hydroxylation is 1. The smallest absolute Gasteiger partial charge is 0.0919 e. The largest absolute Gasteiger partial charge is 0.385 e. The topological polar surface area (TPSA) is 37.3 Å². The molecule has 2 unspecified atom stereocenters. The molecule has 0 amide bonds. The van der Waals surface area contributed by atoms with Crippen molar-refractivity contribution in [1.29, 1.82) is 0 Å². The van der Waals surface area contributed by atoms with E-state index in [-0.39, 0.29) is 10.5 Å². The molecule has 2 aliphatic rings. The third kappa shape index (κ3) is 2.04. The summed E-state index contributed by atoms with van der Waals surface area (Å²) in [4.78, 5) is 0. The van der Waals surface area contributed by atoms with E-state index >= 15 is 0 Å². The predicted molar refractivity (Wildman–Crippen MR) is 73.9 cm³/mol. The van der Waals surface area contributed by atoms with Crippen LogP contribution in [0.3, 0.4) is 0 Å². The summed E-state index contributed by atoms with van der Waals surface area (Å²) >= 11 is 0. The molecule has 0 spiro atoms. The normalized spacial score (nSPS) is 39.6. The van der Waals surface area contributed by atoms with E-state index in [9.17, 15) is 9.32 Å². The lowest BCUT2D eigenvalue weighted by Gasteiger charge is -2.43. The van der Waals surface area contributed by atoms with Gasteiger partial charge in [-0.05, 0) is 38.2 Å². The first-order chi connectivity index (χ1) is 8.58. The van der Waals surface area contributed by atoms with Gasteiger partial charge in [0.15, 0.2) is 0 Å². The van der Waals surface area contributed by atoms with Crippen molar-refractivity contribution in [1.82, 2.24) is 0 Å². The first-order valence-corrected chi connectivity index (χ1v) is 8.05. The molecule has 2 nitrogen and oxygen atoms in total. The van der Waals surface area contributed by atoms with E-state index in [2.05, 4.69) is 19.1 Å². The minimum absolute atomic E-state index is 0.197. The van der Waals surface area contributed by atoms with Gasteiger partial charge in [-0.25, -0.2) is 0 Å². The van der Waals surface area contributed by atoms with Gasteiger partial charge in [-0.3, -0.25) is 4.21 Å². The fraction of sp³-hybridized carbons (Fsp3) is 0.600.